The first kappa shape index (κ1) is 13.4. The summed E-state index contributed by atoms with van der Waals surface area (Å²) in [4.78, 5) is 14.0. The predicted octanol–water partition coefficient (Wildman–Crippen LogP) is 2.40. The summed E-state index contributed by atoms with van der Waals surface area (Å²) in [5.41, 5.74) is 0.333. The van der Waals surface area contributed by atoms with Crippen molar-refractivity contribution in [1.82, 2.24) is 4.90 Å². The number of hydrogen-bond acceptors (Lipinski definition) is 3. The van der Waals surface area contributed by atoms with Crippen LogP contribution in [0, 0.1) is 0 Å². The number of phenolic OH excluding ortho intramolecular Hbond substituents is 1. The molecule has 0 aliphatic carbocycles. The first-order valence-corrected chi connectivity index (χ1v) is 6.70. The Bertz CT molecular complexity index is 454. The van der Waals surface area contributed by atoms with Gasteiger partial charge in [-0.25, -0.2) is 0 Å². The number of rotatable bonds is 1. The molecule has 0 spiro atoms. The molecule has 1 fully saturated rings. The van der Waals surface area contributed by atoms with E-state index >= 15 is 0 Å². The highest BCUT2D eigenvalue weighted by molar-refractivity contribution is 9.10. The maximum absolute atomic E-state index is 12.3. The van der Waals surface area contributed by atoms with Gasteiger partial charge in [0.1, 0.15) is 5.75 Å². The fourth-order valence-electron chi connectivity index (χ4n) is 2.20. The lowest BCUT2D eigenvalue weighted by molar-refractivity contribution is -0.0586. The Balaban J connectivity index is 2.20. The number of benzene rings is 1. The third-order valence-electron chi connectivity index (χ3n) is 2.90. The number of nitrogens with zero attached hydrogens (tertiary/aromatic N) is 1. The second-order valence-electron chi connectivity index (χ2n) is 4.63. The number of amides is 1. The summed E-state index contributed by atoms with van der Waals surface area (Å²) in [5.74, 6) is -0.150. The zero-order valence-corrected chi connectivity index (χ0v) is 12.0. The van der Waals surface area contributed by atoms with Crippen LogP contribution in [0.1, 0.15) is 24.2 Å². The van der Waals surface area contributed by atoms with Crippen LogP contribution in [-0.4, -0.2) is 41.2 Å². The van der Waals surface area contributed by atoms with Crippen LogP contribution in [0.2, 0.25) is 0 Å². The average Bonchev–Trinajstić information content (AvgIpc) is 2.26. The van der Waals surface area contributed by atoms with Crippen molar-refractivity contribution in [2.45, 2.75) is 26.1 Å². The smallest absolute Gasteiger partial charge is 0.257 e. The molecular formula is C13H16BrNO3. The first-order chi connectivity index (χ1) is 8.47. The number of hydrogen-bond donors (Lipinski definition) is 1. The maximum Gasteiger partial charge on any atom is 0.257 e. The number of halogens is 1. The van der Waals surface area contributed by atoms with Gasteiger partial charge in [0.25, 0.3) is 5.91 Å². The van der Waals surface area contributed by atoms with Crippen molar-refractivity contribution >= 4 is 21.8 Å². The molecule has 1 N–H and O–H groups in total. The Morgan fingerprint density at radius 2 is 2.00 bits per heavy atom. The lowest BCUT2D eigenvalue weighted by Gasteiger charge is -2.35. The van der Waals surface area contributed by atoms with Crippen molar-refractivity contribution in [2.24, 2.45) is 0 Å². The van der Waals surface area contributed by atoms with Gasteiger partial charge in [-0.3, -0.25) is 4.79 Å². The summed E-state index contributed by atoms with van der Waals surface area (Å²) in [6.07, 6.45) is 0.0468. The second kappa shape index (κ2) is 5.28. The molecule has 0 saturated carbocycles. The van der Waals surface area contributed by atoms with Crippen LogP contribution in [0.3, 0.4) is 0 Å². The van der Waals surface area contributed by atoms with E-state index in [-0.39, 0.29) is 23.9 Å². The third kappa shape index (κ3) is 2.84. The molecule has 1 heterocycles. The van der Waals surface area contributed by atoms with E-state index in [1.807, 2.05) is 13.8 Å². The van der Waals surface area contributed by atoms with Crippen molar-refractivity contribution in [2.75, 3.05) is 13.1 Å². The molecular weight excluding hydrogens is 298 g/mol. The van der Waals surface area contributed by atoms with Crippen LogP contribution >= 0.6 is 15.9 Å². The van der Waals surface area contributed by atoms with Crippen molar-refractivity contribution in [3.63, 3.8) is 0 Å². The van der Waals surface area contributed by atoms with Crippen molar-refractivity contribution in [3.8, 4) is 5.75 Å². The van der Waals surface area contributed by atoms with Crippen molar-refractivity contribution in [1.29, 1.82) is 0 Å². The minimum atomic E-state index is -0.151. The predicted molar refractivity (Wildman–Crippen MR) is 71.7 cm³/mol. The molecule has 5 heteroatoms. The summed E-state index contributed by atoms with van der Waals surface area (Å²) in [5, 5.41) is 9.82. The third-order valence-corrected chi connectivity index (χ3v) is 3.39. The summed E-state index contributed by atoms with van der Waals surface area (Å²) >= 11 is 3.26. The Kier molecular flexibility index (Phi) is 3.92. The van der Waals surface area contributed by atoms with Crippen LogP contribution < -0.4 is 0 Å². The Morgan fingerprint density at radius 3 is 2.56 bits per heavy atom. The van der Waals surface area contributed by atoms with Gasteiger partial charge >= 0.3 is 0 Å². The normalized spacial score (nSPS) is 24.1. The monoisotopic (exact) mass is 313 g/mol. The maximum atomic E-state index is 12.3. The number of aromatic hydroxyl groups is 1. The summed E-state index contributed by atoms with van der Waals surface area (Å²) in [6, 6.07) is 4.91. The molecule has 1 aliphatic rings. The van der Waals surface area contributed by atoms with E-state index in [4.69, 9.17) is 4.74 Å². The van der Waals surface area contributed by atoms with Gasteiger partial charge < -0.3 is 14.7 Å². The number of phenols is 1. The molecule has 1 aromatic rings. The largest absolute Gasteiger partial charge is 0.507 e. The molecule has 0 unspecified atom stereocenters. The Morgan fingerprint density at radius 1 is 1.39 bits per heavy atom. The Labute approximate surface area is 115 Å². The lowest BCUT2D eigenvalue weighted by atomic mass is 10.1. The van der Waals surface area contributed by atoms with E-state index < -0.39 is 0 Å². The molecule has 0 bridgehead atoms. The van der Waals surface area contributed by atoms with Gasteiger partial charge in [0.15, 0.2) is 0 Å². The van der Waals surface area contributed by atoms with E-state index in [1.54, 1.807) is 17.0 Å². The topological polar surface area (TPSA) is 49.8 Å². The van der Waals surface area contributed by atoms with Gasteiger partial charge in [-0.1, -0.05) is 15.9 Å². The SMILES string of the molecule is C[C@@H]1CN(C(=O)c2ccc(Br)cc2O)C[C@H](C)O1. The molecule has 1 saturated heterocycles. The van der Waals surface area contributed by atoms with Gasteiger partial charge in [-0.15, -0.1) is 0 Å². The van der Waals surface area contributed by atoms with Crippen LogP contribution in [0.15, 0.2) is 22.7 Å². The zero-order valence-electron chi connectivity index (χ0n) is 10.4. The first-order valence-electron chi connectivity index (χ1n) is 5.90. The minimum absolute atomic E-state index is 0.00109. The minimum Gasteiger partial charge on any atom is -0.507 e. The highest BCUT2D eigenvalue weighted by Gasteiger charge is 2.27. The fourth-order valence-corrected chi connectivity index (χ4v) is 2.55. The molecule has 0 radical (unpaired) electrons. The van der Waals surface area contributed by atoms with Crippen LogP contribution in [0.25, 0.3) is 0 Å². The number of ether oxygens (including phenoxy) is 1. The fraction of sp³-hybridized carbons (Fsp3) is 0.462. The van der Waals surface area contributed by atoms with E-state index in [9.17, 15) is 9.90 Å². The number of carbonyl (C=O) groups is 1. The van der Waals surface area contributed by atoms with E-state index in [0.29, 0.717) is 18.7 Å². The van der Waals surface area contributed by atoms with Gasteiger partial charge in [-0.05, 0) is 32.0 Å². The van der Waals surface area contributed by atoms with Crippen LogP contribution in [-0.2, 0) is 4.74 Å². The molecule has 98 valence electrons. The molecule has 1 amide bonds. The van der Waals surface area contributed by atoms with E-state index in [2.05, 4.69) is 15.9 Å². The molecule has 1 aromatic carbocycles. The van der Waals surface area contributed by atoms with Crippen molar-refractivity contribution < 1.29 is 14.6 Å². The van der Waals surface area contributed by atoms with E-state index in [1.165, 1.54) is 6.07 Å². The van der Waals surface area contributed by atoms with Crippen molar-refractivity contribution in [3.05, 3.63) is 28.2 Å². The zero-order chi connectivity index (χ0) is 13.3. The molecule has 4 nitrogen and oxygen atoms in total. The second-order valence-corrected chi connectivity index (χ2v) is 5.54. The highest BCUT2D eigenvalue weighted by atomic mass is 79.9. The average molecular weight is 314 g/mol. The molecule has 0 aromatic heterocycles. The lowest BCUT2D eigenvalue weighted by Crippen LogP contribution is -2.48. The Hall–Kier alpha value is -1.07. The van der Waals surface area contributed by atoms with Gasteiger partial charge in [0.05, 0.1) is 17.8 Å². The summed E-state index contributed by atoms with van der Waals surface area (Å²) < 4.78 is 6.34. The van der Waals surface area contributed by atoms with Gasteiger partial charge in [0.2, 0.25) is 0 Å². The molecule has 2 atom stereocenters. The summed E-state index contributed by atoms with van der Waals surface area (Å²) in [7, 11) is 0. The van der Waals surface area contributed by atoms with E-state index in [0.717, 1.165) is 4.47 Å². The van der Waals surface area contributed by atoms with Crippen LogP contribution in [0.4, 0.5) is 0 Å². The number of carbonyl (C=O) groups excluding carboxylic acids is 1. The molecule has 1 aliphatic heterocycles. The van der Waals surface area contributed by atoms with Gasteiger partial charge in [-0.2, -0.15) is 0 Å². The summed E-state index contributed by atoms with van der Waals surface area (Å²) in [6.45, 7) is 4.99. The molecule has 18 heavy (non-hydrogen) atoms. The molecule has 2 rings (SSSR count). The van der Waals surface area contributed by atoms with Gasteiger partial charge in [0, 0.05) is 17.6 Å². The standard InChI is InChI=1S/C13H16BrNO3/c1-8-6-15(7-9(2)18-8)13(17)11-4-3-10(14)5-12(11)16/h3-5,8-9,16H,6-7H2,1-2H3/t8-,9+. The quantitative estimate of drug-likeness (QED) is 0.866. The number of morpholine rings is 1. The highest BCUT2D eigenvalue weighted by Crippen LogP contribution is 2.24. The van der Waals surface area contributed by atoms with Crippen LogP contribution in [0.5, 0.6) is 5.75 Å².